The molecule has 0 radical (unpaired) electrons. The van der Waals surface area contributed by atoms with E-state index in [2.05, 4.69) is 0 Å². The van der Waals surface area contributed by atoms with Gasteiger partial charge in [0, 0.05) is 0 Å². The molecule has 2 nitrogen and oxygen atoms in total. The molecule has 0 saturated carbocycles. The third-order valence-corrected chi connectivity index (χ3v) is 2.80. The van der Waals surface area contributed by atoms with E-state index in [0.717, 1.165) is 16.3 Å². The Bertz CT molecular complexity index is 541. The summed E-state index contributed by atoms with van der Waals surface area (Å²) in [6.07, 6.45) is 0. The van der Waals surface area contributed by atoms with E-state index in [1.54, 1.807) is 0 Å². The van der Waals surface area contributed by atoms with Crippen molar-refractivity contribution < 1.29 is 9.90 Å². The van der Waals surface area contributed by atoms with E-state index >= 15 is 0 Å². The van der Waals surface area contributed by atoms with Crippen LogP contribution < -0.4 is 0 Å². The van der Waals surface area contributed by atoms with Crippen LogP contribution in [-0.2, 0) is 0 Å². The van der Waals surface area contributed by atoms with Crippen molar-refractivity contribution in [2.75, 3.05) is 0 Å². The van der Waals surface area contributed by atoms with E-state index in [0.29, 0.717) is 5.56 Å². The lowest BCUT2D eigenvalue weighted by Gasteiger charge is -2.12. The summed E-state index contributed by atoms with van der Waals surface area (Å²) >= 11 is 0. The first kappa shape index (κ1) is 10.7. The summed E-state index contributed by atoms with van der Waals surface area (Å²) in [6.45, 7) is 4.02. The average molecular weight is 214 g/mol. The molecule has 0 heterocycles. The van der Waals surface area contributed by atoms with Gasteiger partial charge in [0.1, 0.15) is 0 Å². The Morgan fingerprint density at radius 1 is 1.12 bits per heavy atom. The van der Waals surface area contributed by atoms with Gasteiger partial charge in [0.15, 0.2) is 0 Å². The van der Waals surface area contributed by atoms with E-state index in [1.165, 1.54) is 0 Å². The average Bonchev–Trinajstić information content (AvgIpc) is 2.27. The molecule has 0 aliphatic heterocycles. The van der Waals surface area contributed by atoms with Crippen LogP contribution in [0.3, 0.4) is 0 Å². The van der Waals surface area contributed by atoms with E-state index in [-0.39, 0.29) is 5.92 Å². The van der Waals surface area contributed by atoms with Crippen molar-refractivity contribution in [1.29, 1.82) is 0 Å². The molecule has 1 N–H and O–H groups in total. The van der Waals surface area contributed by atoms with Crippen LogP contribution in [0, 0.1) is 0 Å². The molecule has 2 aromatic rings. The number of hydrogen-bond donors (Lipinski definition) is 1. The first-order valence-electron chi connectivity index (χ1n) is 5.36. The van der Waals surface area contributed by atoms with Gasteiger partial charge in [-0.1, -0.05) is 50.2 Å². The zero-order chi connectivity index (χ0) is 11.7. The SMILES string of the molecule is CC(C)c1ccc2ccccc2c1C(=O)O. The molecule has 0 spiro atoms. The molecule has 0 bridgehead atoms. The third kappa shape index (κ3) is 1.67. The van der Waals surface area contributed by atoms with Crippen molar-refractivity contribution in [3.05, 3.63) is 47.5 Å². The van der Waals surface area contributed by atoms with Gasteiger partial charge >= 0.3 is 5.97 Å². The van der Waals surface area contributed by atoms with E-state index in [9.17, 15) is 9.90 Å². The molecule has 0 amide bonds. The Hall–Kier alpha value is -1.83. The first-order chi connectivity index (χ1) is 7.61. The van der Waals surface area contributed by atoms with Gasteiger partial charge in [-0.15, -0.1) is 0 Å². The maximum atomic E-state index is 11.3. The lowest BCUT2D eigenvalue weighted by molar-refractivity contribution is 0.0697. The second-order valence-corrected chi connectivity index (χ2v) is 4.21. The van der Waals surface area contributed by atoms with Gasteiger partial charge in [-0.25, -0.2) is 4.79 Å². The van der Waals surface area contributed by atoms with Gasteiger partial charge in [0.05, 0.1) is 5.56 Å². The Balaban J connectivity index is 2.84. The van der Waals surface area contributed by atoms with Crippen molar-refractivity contribution in [1.82, 2.24) is 0 Å². The van der Waals surface area contributed by atoms with Crippen molar-refractivity contribution in [3.8, 4) is 0 Å². The second kappa shape index (κ2) is 3.97. The molecule has 0 aliphatic rings. The van der Waals surface area contributed by atoms with Crippen LogP contribution in [0.4, 0.5) is 0 Å². The summed E-state index contributed by atoms with van der Waals surface area (Å²) in [7, 11) is 0. The lowest BCUT2D eigenvalue weighted by Crippen LogP contribution is -2.04. The fraction of sp³-hybridized carbons (Fsp3) is 0.214. The predicted molar refractivity (Wildman–Crippen MR) is 65.0 cm³/mol. The van der Waals surface area contributed by atoms with Crippen LogP contribution >= 0.6 is 0 Å². The summed E-state index contributed by atoms with van der Waals surface area (Å²) in [5.41, 5.74) is 1.33. The normalized spacial score (nSPS) is 10.9. The largest absolute Gasteiger partial charge is 0.478 e. The van der Waals surface area contributed by atoms with Crippen LogP contribution in [-0.4, -0.2) is 11.1 Å². The lowest BCUT2D eigenvalue weighted by atomic mass is 9.92. The highest BCUT2D eigenvalue weighted by atomic mass is 16.4. The fourth-order valence-electron chi connectivity index (χ4n) is 2.01. The molecular formula is C14H14O2. The zero-order valence-electron chi connectivity index (χ0n) is 9.40. The molecule has 82 valence electrons. The zero-order valence-corrected chi connectivity index (χ0v) is 9.40. The quantitative estimate of drug-likeness (QED) is 0.828. The van der Waals surface area contributed by atoms with E-state index in [4.69, 9.17) is 0 Å². The molecule has 0 unspecified atom stereocenters. The van der Waals surface area contributed by atoms with Gasteiger partial charge in [0.25, 0.3) is 0 Å². The van der Waals surface area contributed by atoms with E-state index in [1.807, 2.05) is 50.2 Å². The third-order valence-electron chi connectivity index (χ3n) is 2.80. The number of fused-ring (bicyclic) bond motifs is 1. The fourth-order valence-corrected chi connectivity index (χ4v) is 2.01. The van der Waals surface area contributed by atoms with E-state index < -0.39 is 5.97 Å². The number of benzene rings is 2. The standard InChI is InChI=1S/C14H14O2/c1-9(2)11-8-7-10-5-3-4-6-12(10)13(11)14(15)16/h3-9H,1-2H3,(H,15,16). The number of hydrogen-bond acceptors (Lipinski definition) is 1. The Labute approximate surface area is 94.5 Å². The van der Waals surface area contributed by atoms with Crippen LogP contribution in [0.15, 0.2) is 36.4 Å². The Morgan fingerprint density at radius 3 is 2.44 bits per heavy atom. The number of carboxylic acids is 1. The molecule has 0 saturated heterocycles. The minimum atomic E-state index is -0.847. The highest BCUT2D eigenvalue weighted by molar-refractivity contribution is 6.05. The summed E-state index contributed by atoms with van der Waals surface area (Å²) < 4.78 is 0. The van der Waals surface area contributed by atoms with Gasteiger partial charge in [-0.2, -0.15) is 0 Å². The molecule has 2 aromatic carbocycles. The van der Waals surface area contributed by atoms with Crippen molar-refractivity contribution in [2.45, 2.75) is 19.8 Å². The van der Waals surface area contributed by atoms with Crippen LogP contribution in [0.1, 0.15) is 35.7 Å². The topological polar surface area (TPSA) is 37.3 Å². The monoisotopic (exact) mass is 214 g/mol. The van der Waals surface area contributed by atoms with Crippen LogP contribution in [0.2, 0.25) is 0 Å². The molecule has 0 fully saturated rings. The number of carbonyl (C=O) groups is 1. The van der Waals surface area contributed by atoms with Crippen LogP contribution in [0.25, 0.3) is 10.8 Å². The predicted octanol–water partition coefficient (Wildman–Crippen LogP) is 3.66. The summed E-state index contributed by atoms with van der Waals surface area (Å²) in [5, 5.41) is 11.1. The maximum Gasteiger partial charge on any atom is 0.336 e. The van der Waals surface area contributed by atoms with Gasteiger partial charge in [-0.05, 0) is 22.3 Å². The number of rotatable bonds is 2. The minimum Gasteiger partial charge on any atom is -0.478 e. The first-order valence-corrected chi connectivity index (χ1v) is 5.36. The molecule has 0 aromatic heterocycles. The molecule has 0 atom stereocenters. The summed E-state index contributed by atoms with van der Waals surface area (Å²) in [5.74, 6) is -0.629. The van der Waals surface area contributed by atoms with Gasteiger partial charge in [-0.3, -0.25) is 0 Å². The Morgan fingerprint density at radius 2 is 1.81 bits per heavy atom. The molecule has 2 heteroatoms. The molecule has 0 aliphatic carbocycles. The smallest absolute Gasteiger partial charge is 0.336 e. The van der Waals surface area contributed by atoms with Gasteiger partial charge in [0.2, 0.25) is 0 Å². The summed E-state index contributed by atoms with van der Waals surface area (Å²) in [6, 6.07) is 11.5. The molecule has 2 rings (SSSR count). The van der Waals surface area contributed by atoms with Gasteiger partial charge < -0.3 is 5.11 Å². The van der Waals surface area contributed by atoms with Crippen molar-refractivity contribution in [2.24, 2.45) is 0 Å². The van der Waals surface area contributed by atoms with Crippen molar-refractivity contribution in [3.63, 3.8) is 0 Å². The highest BCUT2D eigenvalue weighted by Crippen LogP contribution is 2.27. The number of aromatic carboxylic acids is 1. The molecule has 16 heavy (non-hydrogen) atoms. The minimum absolute atomic E-state index is 0.218. The maximum absolute atomic E-state index is 11.3. The van der Waals surface area contributed by atoms with Crippen LogP contribution in [0.5, 0.6) is 0 Å². The summed E-state index contributed by atoms with van der Waals surface area (Å²) in [4.78, 5) is 11.3. The molecular weight excluding hydrogens is 200 g/mol. The highest BCUT2D eigenvalue weighted by Gasteiger charge is 2.15. The Kier molecular flexibility index (Phi) is 2.65. The second-order valence-electron chi connectivity index (χ2n) is 4.21. The van der Waals surface area contributed by atoms with Crippen molar-refractivity contribution >= 4 is 16.7 Å². The number of carboxylic acid groups (broad SMARTS) is 1.